The highest BCUT2D eigenvalue weighted by Gasteiger charge is 2.65. The van der Waals surface area contributed by atoms with Crippen LogP contribution in [0.4, 0.5) is 0 Å². The van der Waals surface area contributed by atoms with Crippen LogP contribution in [0.25, 0.3) is 0 Å². The zero-order chi connectivity index (χ0) is 103. The average Bonchev–Trinajstić information content (AvgIpc) is 0.748. The molecule has 0 aromatic carbocycles. The van der Waals surface area contributed by atoms with E-state index in [1.54, 1.807) is 0 Å². The van der Waals surface area contributed by atoms with E-state index in [4.69, 9.17) is 99.5 Å². The Hall–Kier alpha value is -4.77. The van der Waals surface area contributed by atoms with E-state index in [2.05, 4.69) is 16.0 Å². The molecule has 11 fully saturated rings. The maximum absolute atomic E-state index is 13.4. The highest BCUT2D eigenvalue weighted by atomic mass is 16.8. The van der Waals surface area contributed by atoms with E-state index in [-0.39, 0.29) is 0 Å². The molecule has 0 saturated carbocycles. The second-order valence-electron chi connectivity index (χ2n) is 35.3. The Bertz CT molecular complexity index is 3890. The van der Waals surface area contributed by atoms with E-state index < -0.39 is 452 Å². The van der Waals surface area contributed by atoms with Gasteiger partial charge in [0.15, 0.2) is 62.9 Å². The minimum Gasteiger partial charge on any atom is -0.477 e. The standard InChI is InChI=1S/C77H128N4O59/c1-17-37(96)48(107)52(111)69(123-17)122-16-31-60(45(104)34(66(117)124-31)78-18(2)90)133-67-35(79-19(3)91)46(105)58(27(11-87)129-67)134-73-56(115)63(44(103)30(132-73)15-121-71-55(114)62(136-72-54(113)50(109)40(99)24(8-84)126-72)43(102)29(131-71)14-120-70-53(112)49(108)39(98)23(7-83)125-70)137-75-65(51(110)41(100)25(9-85)128-75)138-68-36(80-20(4)92)47(106)59(28(12-88)130-68)135-74-57(116)64(42(101)26(10-86)127-74)140-77(76(118)119)5-21(93)33(81-32(95)13-89)61(139-77)38(97)22(94)6-82/h17,21-31,33-75,82-89,93-94,96-117H,5-16H2,1-4H3,(H,78,90)(H,79,91)(H,80,92)(H,81,95)(H,118,119)/t17-,21-,22+,23+,24+,25+,26+,27+,28+,29+,30+,31+,33+,34+,35+,36+,37+,38+,39+,40+,41+,42-,43+,44+,45+,46+,47+,48+,49-,50-,51-,52-,53-,54-,55-,56-,57+,58+,59+,60+,61+,62-,63-,64-,65-,66+,67-,68-,69+,70-,71-,72+,73-,74-,75+,77-/m0/s1. The maximum atomic E-state index is 13.4. The molecule has 63 nitrogen and oxygen atoms in total. The Labute approximate surface area is 790 Å². The largest absolute Gasteiger partial charge is 0.477 e. The third kappa shape index (κ3) is 25.3. The fraction of sp³-hybridized carbons (Fsp3) is 0.935. The number of hydrogen-bond acceptors (Lipinski definition) is 58. The molecule has 11 aliphatic rings. The number of carbonyl (C=O) groups excluding carboxylic acids is 4. The lowest BCUT2D eigenvalue weighted by molar-refractivity contribution is -0.400. The molecule has 0 bridgehead atoms. The lowest BCUT2D eigenvalue weighted by Crippen LogP contribution is -2.71. The third-order valence-electron chi connectivity index (χ3n) is 25.6. The van der Waals surface area contributed by atoms with Crippen LogP contribution in [0.1, 0.15) is 34.1 Å². The highest BCUT2D eigenvalue weighted by molar-refractivity contribution is 5.78. The summed E-state index contributed by atoms with van der Waals surface area (Å²) in [7, 11) is 0. The molecule has 0 aromatic heterocycles. The number of hydrogen-bond donors (Lipinski definition) is 37. The summed E-state index contributed by atoms with van der Waals surface area (Å²) >= 11 is 0. The number of aliphatic carboxylic acids is 1. The van der Waals surface area contributed by atoms with Gasteiger partial charge in [-0.1, -0.05) is 0 Å². The van der Waals surface area contributed by atoms with E-state index in [0.29, 0.717) is 0 Å². The zero-order valence-electron chi connectivity index (χ0n) is 74.6. The van der Waals surface area contributed by atoms with Crippen LogP contribution in [0, 0.1) is 0 Å². The Morgan fingerprint density at radius 3 is 1.12 bits per heavy atom. The Balaban J connectivity index is 0.919. The van der Waals surface area contributed by atoms with Crippen molar-refractivity contribution in [2.75, 3.05) is 72.7 Å². The molecule has 0 spiro atoms. The highest BCUT2D eigenvalue weighted by Crippen LogP contribution is 2.43. The smallest absolute Gasteiger partial charge is 0.364 e. The van der Waals surface area contributed by atoms with Gasteiger partial charge in [0.2, 0.25) is 23.6 Å². The van der Waals surface area contributed by atoms with E-state index in [0.717, 1.165) is 20.8 Å². The fourth-order valence-corrected chi connectivity index (χ4v) is 17.9. The molecule has 11 saturated heterocycles. The molecule has 63 heteroatoms. The molecule has 11 heterocycles. The molecular formula is C77H128N4O59. The van der Waals surface area contributed by atoms with Gasteiger partial charge in [0, 0.05) is 27.2 Å². The van der Waals surface area contributed by atoms with Gasteiger partial charge in [-0.15, -0.1) is 0 Å². The molecule has 0 radical (unpaired) electrons. The summed E-state index contributed by atoms with van der Waals surface area (Å²) in [5.41, 5.74) is 0. The van der Waals surface area contributed by atoms with Crippen molar-refractivity contribution >= 4 is 29.6 Å². The predicted molar refractivity (Wildman–Crippen MR) is 426 cm³/mol. The van der Waals surface area contributed by atoms with Gasteiger partial charge in [0.1, 0.15) is 263 Å². The summed E-state index contributed by atoms with van der Waals surface area (Å²) in [5, 5.41) is 378. The summed E-state index contributed by atoms with van der Waals surface area (Å²) in [5.74, 6) is -9.92. The van der Waals surface area contributed by atoms with Gasteiger partial charge >= 0.3 is 5.97 Å². The molecule has 11 aliphatic heterocycles. The number of ether oxygens (including phenoxy) is 21. The first kappa shape index (κ1) is 116. The quantitative estimate of drug-likeness (QED) is 0.0273. The van der Waals surface area contributed by atoms with Crippen molar-refractivity contribution in [2.24, 2.45) is 0 Å². The van der Waals surface area contributed by atoms with Crippen molar-refractivity contribution in [1.29, 1.82) is 0 Å². The predicted octanol–water partition coefficient (Wildman–Crippen LogP) is -25.2. The number of aliphatic hydroxyl groups excluding tert-OH is 32. The normalized spacial score (nSPS) is 48.6. The molecule has 56 atom stereocenters. The van der Waals surface area contributed by atoms with Crippen LogP contribution < -0.4 is 21.3 Å². The van der Waals surface area contributed by atoms with Gasteiger partial charge in [0.05, 0.1) is 84.3 Å². The van der Waals surface area contributed by atoms with Crippen molar-refractivity contribution in [2.45, 2.75) is 377 Å². The van der Waals surface area contributed by atoms with Gasteiger partial charge in [-0.25, -0.2) is 4.79 Å². The number of carboxylic acids is 1. The number of rotatable bonds is 38. The lowest BCUT2D eigenvalue weighted by atomic mass is 9.88. The van der Waals surface area contributed by atoms with E-state index >= 15 is 0 Å². The monoisotopic (exact) mass is 2050 g/mol. The molecule has 0 aromatic rings. The molecular weight excluding hydrogens is 1920 g/mol. The lowest BCUT2D eigenvalue weighted by Gasteiger charge is -2.51. The average molecular weight is 2050 g/mol. The Morgan fingerprint density at radius 1 is 0.321 bits per heavy atom. The van der Waals surface area contributed by atoms with Crippen LogP contribution in [-0.4, -0.2) is 614 Å². The number of carboxylic acid groups (broad SMARTS) is 1. The van der Waals surface area contributed by atoms with Crippen molar-refractivity contribution in [3.63, 3.8) is 0 Å². The topological polar surface area (TPSA) is 995 Å². The number of amides is 4. The first-order valence-corrected chi connectivity index (χ1v) is 44.3. The second kappa shape index (κ2) is 50.0. The second-order valence-corrected chi connectivity index (χ2v) is 35.3. The van der Waals surface area contributed by atoms with Crippen molar-refractivity contribution < 1.29 is 292 Å². The van der Waals surface area contributed by atoms with Gasteiger partial charge in [-0.2, -0.15) is 0 Å². The summed E-state index contributed by atoms with van der Waals surface area (Å²) in [4.78, 5) is 65.0. The minimum atomic E-state index is -3.41. The van der Waals surface area contributed by atoms with Crippen LogP contribution in [0.5, 0.6) is 0 Å². The molecule has 0 unspecified atom stereocenters. The number of carbonyl (C=O) groups is 5. The molecule has 4 amide bonds. The van der Waals surface area contributed by atoms with Crippen LogP contribution in [0.15, 0.2) is 0 Å². The fourth-order valence-electron chi connectivity index (χ4n) is 17.9. The molecule has 810 valence electrons. The van der Waals surface area contributed by atoms with Crippen LogP contribution >= 0.6 is 0 Å². The molecule has 0 aliphatic carbocycles. The van der Waals surface area contributed by atoms with Crippen molar-refractivity contribution in [3.05, 3.63) is 0 Å². The number of aliphatic hydroxyl groups is 32. The SMILES string of the molecule is CC(=O)N[C@@H]1[C@@H](O)[C@H](O[C@@H]2O[C@H](CO)[C@@H](O[C@@H]3O[C@H](CO[C@H]4O[C@H](CO[C@H]5O[C@H](CO)[C@@H](O)[C@H](O)[C@@H]5O)[C@@H](O)[C@H](O[C@H]5O[C@H](CO)[C@@H](O)[C@H](O)[C@@H]5O)[C@@H]4O)[C@@H](O)[C@H](O[C@H]4O[C@H](CO)[C@@H](O)[C@H](O)[C@@H]4O[C@@H]4O[C@H](CO)[C@@H](O[C@@H]5O[C@H](CO)[C@H](O)[C@H](O[C@]6(C(=O)O)C[C@H](O)[C@@H](NC(=O)CO)[C@H]([C@H](O)[C@H](O)CO)O6)[C@H]5O)[C@H](O)[C@H]4NC(C)=O)[C@@H]3O)[C@H](O)[C@H]2NC(C)=O)[C@@H](CO[C@@H]2O[C@@H](C)[C@@H](O)[C@@H](O)[C@@H]2O)O[C@H]1O. The molecule has 11 rings (SSSR count). The van der Waals surface area contributed by atoms with Crippen molar-refractivity contribution in [3.8, 4) is 0 Å². The van der Waals surface area contributed by atoms with Crippen molar-refractivity contribution in [1.82, 2.24) is 21.3 Å². The third-order valence-corrected chi connectivity index (χ3v) is 25.6. The summed E-state index contributed by atoms with van der Waals surface area (Å²) in [6.07, 6.45) is -114. The first-order valence-electron chi connectivity index (χ1n) is 44.3. The summed E-state index contributed by atoms with van der Waals surface area (Å²) in [6.45, 7) is -9.20. The maximum Gasteiger partial charge on any atom is 0.364 e. The molecule has 37 N–H and O–H groups in total. The van der Waals surface area contributed by atoms with E-state index in [9.17, 15) is 192 Å². The first-order chi connectivity index (χ1) is 66.1. The van der Waals surface area contributed by atoms with E-state index in [1.165, 1.54) is 6.92 Å². The Morgan fingerprint density at radius 2 is 0.657 bits per heavy atom. The summed E-state index contributed by atoms with van der Waals surface area (Å²) < 4.78 is 124. The number of nitrogens with one attached hydrogen (secondary N) is 4. The van der Waals surface area contributed by atoms with E-state index in [1.807, 2.05) is 5.32 Å². The van der Waals surface area contributed by atoms with Crippen LogP contribution in [0.3, 0.4) is 0 Å². The van der Waals surface area contributed by atoms with Crippen LogP contribution in [-0.2, 0) is 123 Å². The van der Waals surface area contributed by atoms with Crippen LogP contribution in [0.2, 0.25) is 0 Å². The molecule has 140 heavy (non-hydrogen) atoms. The zero-order valence-corrected chi connectivity index (χ0v) is 74.6. The van der Waals surface area contributed by atoms with Gasteiger partial charge in [-0.05, 0) is 6.92 Å². The Kier molecular flexibility index (Phi) is 41.3. The van der Waals surface area contributed by atoms with Gasteiger partial charge < -0.3 is 289 Å². The van der Waals surface area contributed by atoms with Gasteiger partial charge in [0.25, 0.3) is 5.79 Å². The van der Waals surface area contributed by atoms with Gasteiger partial charge in [-0.3, -0.25) is 19.2 Å². The summed E-state index contributed by atoms with van der Waals surface area (Å²) in [6, 6.07) is -8.03. The minimum absolute atomic E-state index is 0.829.